The van der Waals surface area contributed by atoms with Gasteiger partial charge in [-0.3, -0.25) is 20.2 Å². The second-order valence-corrected chi connectivity index (χ2v) is 5.27. The fourth-order valence-electron chi connectivity index (χ4n) is 1.93. The summed E-state index contributed by atoms with van der Waals surface area (Å²) in [4.78, 5) is 34.6. The van der Waals surface area contributed by atoms with Crippen LogP contribution in [0.1, 0.15) is 6.92 Å². The minimum atomic E-state index is -2.04. The average Bonchev–Trinajstić information content (AvgIpc) is 2.34. The number of aliphatic hydroxyl groups is 1. The van der Waals surface area contributed by atoms with Crippen molar-refractivity contribution in [3.63, 3.8) is 0 Å². The van der Waals surface area contributed by atoms with E-state index < -0.39 is 28.9 Å². The maximum atomic E-state index is 11.6. The summed E-state index contributed by atoms with van der Waals surface area (Å²) in [6.07, 6.45) is 0. The molecular weight excluding hydrogens is 276 g/mol. The van der Waals surface area contributed by atoms with Crippen LogP contribution in [0.3, 0.4) is 0 Å². The normalized spacial score (nSPS) is 29.7. The third-order valence-corrected chi connectivity index (χ3v) is 4.22. The zero-order valence-electron chi connectivity index (χ0n) is 9.95. The Labute approximate surface area is 112 Å². The lowest BCUT2D eigenvalue weighted by Gasteiger charge is -2.52. The van der Waals surface area contributed by atoms with Gasteiger partial charge in [0.25, 0.3) is 5.91 Å². The van der Waals surface area contributed by atoms with Crippen molar-refractivity contribution >= 4 is 29.6 Å². The molecule has 0 aliphatic carbocycles. The standard InChI is InChI=1S/C10H12N2O6S/c1-4(13)18-2-5-3-19-9-10(11,17)8(16)12(9)6(5)7(14)15/h9,17H,2-3,11H2,1H3,(H,14,15)/t9-,10?/m1/s1. The quantitative estimate of drug-likeness (QED) is 0.323. The van der Waals surface area contributed by atoms with Crippen molar-refractivity contribution in [1.82, 2.24) is 4.90 Å². The van der Waals surface area contributed by atoms with Crippen molar-refractivity contribution in [3.05, 3.63) is 11.3 Å². The van der Waals surface area contributed by atoms with Crippen LogP contribution < -0.4 is 5.73 Å². The van der Waals surface area contributed by atoms with Gasteiger partial charge < -0.3 is 14.9 Å². The van der Waals surface area contributed by atoms with E-state index in [1.54, 1.807) is 0 Å². The summed E-state index contributed by atoms with van der Waals surface area (Å²) >= 11 is 1.12. The lowest BCUT2D eigenvalue weighted by atomic mass is 10.00. The maximum absolute atomic E-state index is 11.6. The van der Waals surface area contributed by atoms with Crippen LogP contribution in [-0.2, 0) is 19.1 Å². The molecule has 1 fully saturated rings. The number of nitrogens with two attached hydrogens (primary N) is 1. The molecule has 0 saturated carbocycles. The van der Waals surface area contributed by atoms with E-state index in [2.05, 4.69) is 0 Å². The molecule has 104 valence electrons. The van der Waals surface area contributed by atoms with Crippen molar-refractivity contribution in [2.75, 3.05) is 12.4 Å². The first-order valence-corrected chi connectivity index (χ1v) is 6.37. The van der Waals surface area contributed by atoms with Crippen molar-refractivity contribution in [2.24, 2.45) is 5.73 Å². The number of carboxylic acid groups (broad SMARTS) is 1. The number of thioether (sulfide) groups is 1. The minimum Gasteiger partial charge on any atom is -0.477 e. The van der Waals surface area contributed by atoms with Gasteiger partial charge in [0.2, 0.25) is 5.72 Å². The molecule has 4 N–H and O–H groups in total. The summed E-state index contributed by atoms with van der Waals surface area (Å²) < 4.78 is 4.75. The smallest absolute Gasteiger partial charge is 0.352 e. The van der Waals surface area contributed by atoms with Crippen LogP contribution in [0.4, 0.5) is 0 Å². The van der Waals surface area contributed by atoms with Gasteiger partial charge in [-0.25, -0.2) is 4.79 Å². The van der Waals surface area contributed by atoms with Crippen LogP contribution >= 0.6 is 11.8 Å². The SMILES string of the molecule is CC(=O)OCC1=C(C(=O)O)N2C(=O)C(N)(O)[C@H]2SC1. The first kappa shape index (κ1) is 13.8. The highest BCUT2D eigenvalue weighted by Gasteiger charge is 2.62. The van der Waals surface area contributed by atoms with Gasteiger partial charge in [-0.05, 0) is 0 Å². The molecule has 9 heteroatoms. The van der Waals surface area contributed by atoms with Gasteiger partial charge >= 0.3 is 11.9 Å². The van der Waals surface area contributed by atoms with Gasteiger partial charge in [0, 0.05) is 18.2 Å². The number of amides is 1. The van der Waals surface area contributed by atoms with E-state index in [9.17, 15) is 19.5 Å². The van der Waals surface area contributed by atoms with E-state index in [4.69, 9.17) is 15.6 Å². The van der Waals surface area contributed by atoms with Crippen LogP contribution in [0, 0.1) is 0 Å². The molecule has 1 unspecified atom stereocenters. The Kier molecular flexibility index (Phi) is 3.29. The summed E-state index contributed by atoms with van der Waals surface area (Å²) in [6, 6.07) is 0. The highest BCUT2D eigenvalue weighted by atomic mass is 32.2. The number of fused-ring (bicyclic) bond motifs is 1. The third kappa shape index (κ3) is 2.09. The molecule has 2 atom stereocenters. The number of hydrogen-bond acceptors (Lipinski definition) is 7. The Morgan fingerprint density at radius 2 is 2.26 bits per heavy atom. The van der Waals surface area contributed by atoms with E-state index in [0.717, 1.165) is 16.7 Å². The fourth-order valence-corrected chi connectivity index (χ4v) is 3.21. The Hall–Kier alpha value is -1.58. The maximum Gasteiger partial charge on any atom is 0.352 e. The molecule has 1 saturated heterocycles. The lowest BCUT2D eigenvalue weighted by molar-refractivity contribution is -0.177. The van der Waals surface area contributed by atoms with Crippen molar-refractivity contribution in [2.45, 2.75) is 18.0 Å². The summed E-state index contributed by atoms with van der Waals surface area (Å²) in [5, 5.41) is 18.0. The topological polar surface area (TPSA) is 130 Å². The Balaban J connectivity index is 2.30. The molecule has 2 aliphatic rings. The molecule has 19 heavy (non-hydrogen) atoms. The van der Waals surface area contributed by atoms with Gasteiger partial charge in [-0.2, -0.15) is 0 Å². The number of esters is 1. The monoisotopic (exact) mass is 288 g/mol. The van der Waals surface area contributed by atoms with E-state index in [-0.39, 0.29) is 18.1 Å². The Morgan fingerprint density at radius 1 is 1.63 bits per heavy atom. The largest absolute Gasteiger partial charge is 0.477 e. The zero-order chi connectivity index (χ0) is 14.4. The number of hydrogen-bond donors (Lipinski definition) is 3. The number of rotatable bonds is 3. The summed E-state index contributed by atoms with van der Waals surface area (Å²) in [5.41, 5.74) is 3.37. The molecule has 2 aliphatic heterocycles. The van der Waals surface area contributed by atoms with Crippen molar-refractivity contribution in [1.29, 1.82) is 0 Å². The molecule has 0 radical (unpaired) electrons. The highest BCUT2D eigenvalue weighted by Crippen LogP contribution is 2.43. The molecule has 8 nitrogen and oxygen atoms in total. The second-order valence-electron chi connectivity index (χ2n) is 4.20. The number of nitrogens with zero attached hydrogens (tertiary/aromatic N) is 1. The molecular formula is C10H12N2O6S. The molecule has 0 aromatic carbocycles. The third-order valence-electron chi connectivity index (χ3n) is 2.82. The van der Waals surface area contributed by atoms with Crippen molar-refractivity contribution < 1.29 is 29.3 Å². The van der Waals surface area contributed by atoms with Gasteiger partial charge in [0.1, 0.15) is 17.7 Å². The first-order chi connectivity index (χ1) is 8.76. The minimum absolute atomic E-state index is 0.205. The van der Waals surface area contributed by atoms with Gasteiger partial charge in [0.05, 0.1) is 0 Å². The van der Waals surface area contributed by atoms with E-state index in [1.807, 2.05) is 0 Å². The predicted octanol–water partition coefficient (Wildman–Crippen LogP) is -1.55. The molecule has 0 spiro atoms. The highest BCUT2D eigenvalue weighted by molar-refractivity contribution is 8.00. The van der Waals surface area contributed by atoms with Gasteiger partial charge in [-0.15, -0.1) is 11.8 Å². The number of carbonyl (C=O) groups excluding carboxylic acids is 2. The van der Waals surface area contributed by atoms with E-state index >= 15 is 0 Å². The zero-order valence-corrected chi connectivity index (χ0v) is 10.8. The van der Waals surface area contributed by atoms with Gasteiger partial charge in [-0.1, -0.05) is 0 Å². The summed E-state index contributed by atoms with van der Waals surface area (Å²) in [6.45, 7) is 0.997. The second kappa shape index (κ2) is 4.51. The molecule has 2 heterocycles. The first-order valence-electron chi connectivity index (χ1n) is 5.32. The molecule has 2 rings (SSSR count). The number of ether oxygens (including phenoxy) is 1. The van der Waals surface area contributed by atoms with Crippen LogP contribution in [0.5, 0.6) is 0 Å². The molecule has 0 aromatic heterocycles. The average molecular weight is 288 g/mol. The molecule has 0 aromatic rings. The van der Waals surface area contributed by atoms with Crippen LogP contribution in [0.25, 0.3) is 0 Å². The number of β-lactam (4-membered cyclic amide) rings is 1. The fraction of sp³-hybridized carbons (Fsp3) is 0.500. The molecule has 1 amide bonds. The number of carbonyl (C=O) groups is 3. The van der Waals surface area contributed by atoms with E-state index in [0.29, 0.717) is 5.57 Å². The van der Waals surface area contributed by atoms with Gasteiger partial charge in [0.15, 0.2) is 0 Å². The van der Waals surface area contributed by atoms with Crippen LogP contribution in [-0.4, -0.2) is 56.4 Å². The number of carboxylic acids is 1. The molecule has 0 bridgehead atoms. The predicted molar refractivity (Wildman–Crippen MR) is 63.5 cm³/mol. The lowest BCUT2D eigenvalue weighted by Crippen LogP contribution is -2.78. The Bertz CT molecular complexity index is 500. The Morgan fingerprint density at radius 3 is 2.79 bits per heavy atom. The van der Waals surface area contributed by atoms with Crippen LogP contribution in [0.15, 0.2) is 11.3 Å². The van der Waals surface area contributed by atoms with Crippen molar-refractivity contribution in [3.8, 4) is 0 Å². The van der Waals surface area contributed by atoms with Crippen LogP contribution in [0.2, 0.25) is 0 Å². The summed E-state index contributed by atoms with van der Waals surface area (Å²) in [5.74, 6) is -2.53. The summed E-state index contributed by atoms with van der Waals surface area (Å²) in [7, 11) is 0. The van der Waals surface area contributed by atoms with E-state index in [1.165, 1.54) is 6.92 Å². The number of aliphatic carboxylic acids is 1.